The highest BCUT2D eigenvalue weighted by molar-refractivity contribution is 5.51. The van der Waals surface area contributed by atoms with Crippen molar-refractivity contribution in [2.75, 3.05) is 25.5 Å². The lowest BCUT2D eigenvalue weighted by Gasteiger charge is -2.39. The van der Waals surface area contributed by atoms with Crippen molar-refractivity contribution in [1.82, 2.24) is 0 Å². The Morgan fingerprint density at radius 3 is 2.50 bits per heavy atom. The molecule has 0 radical (unpaired) electrons. The van der Waals surface area contributed by atoms with Crippen molar-refractivity contribution < 1.29 is 34.7 Å². The van der Waals surface area contributed by atoms with Crippen LogP contribution in [-0.4, -0.2) is 77.6 Å². The van der Waals surface area contributed by atoms with Gasteiger partial charge in [0.25, 0.3) is 0 Å². The quantitative estimate of drug-likeness (QED) is 0.334. The number of carbonyl (C=O) groups is 1. The fraction of sp³-hybridized carbons (Fsp3) is 0.533. The van der Waals surface area contributed by atoms with Gasteiger partial charge in [-0.2, -0.15) is 0 Å². The number of aliphatic hydroxyl groups is 4. The van der Waals surface area contributed by atoms with Crippen molar-refractivity contribution in [3.05, 3.63) is 24.3 Å². The molecule has 1 saturated heterocycles. The van der Waals surface area contributed by atoms with Crippen molar-refractivity contribution in [3.8, 4) is 5.75 Å². The number of ether oxygens (including phenoxy) is 2. The molecule has 5 atom stereocenters. The van der Waals surface area contributed by atoms with Crippen LogP contribution in [0.3, 0.4) is 0 Å². The zero-order valence-corrected chi connectivity index (χ0v) is 13.3. The third kappa shape index (κ3) is 5.41. The SMILES string of the molecule is CNc1cccc(OC2OC(CO)C(O)C(O)C2O)c1.NCC=O. The number of hydrogen-bond acceptors (Lipinski definition) is 9. The summed E-state index contributed by atoms with van der Waals surface area (Å²) in [5.41, 5.74) is 5.47. The molecule has 2 rings (SSSR count). The van der Waals surface area contributed by atoms with Crippen LogP contribution in [-0.2, 0) is 9.53 Å². The number of nitrogens with two attached hydrogens (primary N) is 1. The fourth-order valence-electron chi connectivity index (χ4n) is 2.02. The molecule has 0 spiro atoms. The van der Waals surface area contributed by atoms with E-state index in [0.29, 0.717) is 12.0 Å². The first-order chi connectivity index (χ1) is 11.5. The van der Waals surface area contributed by atoms with Crippen LogP contribution >= 0.6 is 0 Å². The number of hydrogen-bond donors (Lipinski definition) is 6. The molecule has 1 aromatic carbocycles. The zero-order valence-electron chi connectivity index (χ0n) is 13.3. The Hall–Kier alpha value is -1.75. The van der Waals surface area contributed by atoms with E-state index in [4.69, 9.17) is 19.4 Å². The van der Waals surface area contributed by atoms with Gasteiger partial charge < -0.3 is 45.7 Å². The maximum absolute atomic E-state index is 9.85. The van der Waals surface area contributed by atoms with Gasteiger partial charge in [0, 0.05) is 25.3 Å². The molecule has 24 heavy (non-hydrogen) atoms. The third-order valence-corrected chi connectivity index (χ3v) is 3.32. The van der Waals surface area contributed by atoms with Crippen LogP contribution in [0, 0.1) is 0 Å². The first kappa shape index (κ1) is 20.3. The van der Waals surface area contributed by atoms with E-state index in [0.717, 1.165) is 5.69 Å². The summed E-state index contributed by atoms with van der Waals surface area (Å²) in [5.74, 6) is 0.432. The molecule has 1 aromatic rings. The monoisotopic (exact) mass is 344 g/mol. The van der Waals surface area contributed by atoms with Crippen LogP contribution in [0.15, 0.2) is 24.3 Å². The van der Waals surface area contributed by atoms with E-state index < -0.39 is 37.3 Å². The molecule has 9 heteroatoms. The van der Waals surface area contributed by atoms with Crippen molar-refractivity contribution in [1.29, 1.82) is 0 Å². The van der Waals surface area contributed by atoms with E-state index in [9.17, 15) is 15.3 Å². The van der Waals surface area contributed by atoms with Gasteiger partial charge in [0.2, 0.25) is 6.29 Å². The number of benzene rings is 1. The summed E-state index contributed by atoms with van der Waals surface area (Å²) in [4.78, 5) is 9.05. The Bertz CT molecular complexity index is 500. The van der Waals surface area contributed by atoms with Gasteiger partial charge in [-0.25, -0.2) is 0 Å². The maximum atomic E-state index is 9.85. The highest BCUT2D eigenvalue weighted by Crippen LogP contribution is 2.25. The van der Waals surface area contributed by atoms with E-state index in [1.165, 1.54) is 0 Å². The van der Waals surface area contributed by atoms with Crippen molar-refractivity contribution in [2.45, 2.75) is 30.7 Å². The topological polar surface area (TPSA) is 154 Å². The molecule has 0 saturated carbocycles. The Labute approximate surface area is 139 Å². The van der Waals surface area contributed by atoms with E-state index in [1.807, 2.05) is 6.07 Å². The fourth-order valence-corrected chi connectivity index (χ4v) is 2.02. The standard InChI is InChI=1S/C13H19NO6.C2H5NO/c1-14-7-3-2-4-8(5-7)19-13-12(18)11(17)10(16)9(6-15)20-13;3-1-2-4/h2-5,9-18H,6H2,1H3;2H,1,3H2. The van der Waals surface area contributed by atoms with Crippen LogP contribution in [0.4, 0.5) is 5.69 Å². The Kier molecular flexibility index (Phi) is 8.61. The largest absolute Gasteiger partial charge is 0.462 e. The molecule has 136 valence electrons. The minimum atomic E-state index is -1.45. The van der Waals surface area contributed by atoms with Crippen LogP contribution in [0.25, 0.3) is 0 Å². The van der Waals surface area contributed by atoms with E-state index in [1.54, 1.807) is 25.2 Å². The van der Waals surface area contributed by atoms with Crippen LogP contribution in [0.5, 0.6) is 5.75 Å². The van der Waals surface area contributed by atoms with E-state index in [-0.39, 0.29) is 6.54 Å². The molecule has 7 N–H and O–H groups in total. The van der Waals surface area contributed by atoms with Crippen LogP contribution in [0.2, 0.25) is 0 Å². The average molecular weight is 344 g/mol. The smallest absolute Gasteiger partial charge is 0.229 e. The minimum absolute atomic E-state index is 0.139. The molecule has 9 nitrogen and oxygen atoms in total. The lowest BCUT2D eigenvalue weighted by molar-refractivity contribution is -0.277. The molecule has 0 aliphatic carbocycles. The molecule has 1 fully saturated rings. The average Bonchev–Trinajstić information content (AvgIpc) is 2.62. The Morgan fingerprint density at radius 1 is 1.29 bits per heavy atom. The molecular weight excluding hydrogens is 320 g/mol. The number of carbonyl (C=O) groups excluding carboxylic acids is 1. The van der Waals surface area contributed by atoms with Gasteiger partial charge in [-0.05, 0) is 12.1 Å². The van der Waals surface area contributed by atoms with Crippen molar-refractivity contribution >= 4 is 12.0 Å². The highest BCUT2D eigenvalue weighted by atomic mass is 16.7. The van der Waals surface area contributed by atoms with E-state index in [2.05, 4.69) is 11.1 Å². The number of nitrogens with one attached hydrogen (secondary N) is 1. The van der Waals surface area contributed by atoms with Gasteiger partial charge in [0.05, 0.1) is 6.61 Å². The zero-order chi connectivity index (χ0) is 18.1. The van der Waals surface area contributed by atoms with Gasteiger partial charge >= 0.3 is 0 Å². The van der Waals surface area contributed by atoms with Crippen LogP contribution in [0.1, 0.15) is 0 Å². The summed E-state index contributed by atoms with van der Waals surface area (Å²) in [6.07, 6.45) is -5.74. The second-order valence-electron chi connectivity index (χ2n) is 5.00. The molecule has 1 aliphatic rings. The van der Waals surface area contributed by atoms with Crippen molar-refractivity contribution in [2.24, 2.45) is 5.73 Å². The number of anilines is 1. The number of rotatable bonds is 5. The molecule has 0 amide bonds. The van der Waals surface area contributed by atoms with Crippen LogP contribution < -0.4 is 15.8 Å². The number of aliphatic hydroxyl groups excluding tert-OH is 4. The molecule has 1 aliphatic heterocycles. The maximum Gasteiger partial charge on any atom is 0.229 e. The Balaban J connectivity index is 0.000000648. The predicted octanol–water partition coefficient (Wildman–Crippen LogP) is -1.95. The minimum Gasteiger partial charge on any atom is -0.462 e. The molecule has 5 unspecified atom stereocenters. The van der Waals surface area contributed by atoms with Crippen molar-refractivity contribution in [3.63, 3.8) is 0 Å². The highest BCUT2D eigenvalue weighted by Gasteiger charge is 2.44. The van der Waals surface area contributed by atoms with Gasteiger partial charge in [-0.15, -0.1) is 0 Å². The summed E-state index contributed by atoms with van der Waals surface area (Å²) >= 11 is 0. The summed E-state index contributed by atoms with van der Waals surface area (Å²) in [7, 11) is 1.76. The molecule has 1 heterocycles. The molecule has 0 aromatic heterocycles. The molecule has 0 bridgehead atoms. The summed E-state index contributed by atoms with van der Waals surface area (Å²) in [6.45, 7) is -0.346. The number of aldehydes is 1. The normalized spacial score (nSPS) is 29.2. The molecular formula is C15H24N2O7. The third-order valence-electron chi connectivity index (χ3n) is 3.32. The van der Waals surface area contributed by atoms with Gasteiger partial charge in [-0.1, -0.05) is 6.07 Å². The lowest BCUT2D eigenvalue weighted by atomic mass is 9.99. The first-order valence-corrected chi connectivity index (χ1v) is 7.37. The van der Waals surface area contributed by atoms with Gasteiger partial charge in [0.1, 0.15) is 36.5 Å². The Morgan fingerprint density at radius 2 is 1.96 bits per heavy atom. The first-order valence-electron chi connectivity index (χ1n) is 7.37. The second kappa shape index (κ2) is 10.2. The van der Waals surface area contributed by atoms with Gasteiger partial charge in [-0.3, -0.25) is 0 Å². The van der Waals surface area contributed by atoms with Gasteiger partial charge in [0.15, 0.2) is 0 Å². The predicted molar refractivity (Wildman–Crippen MR) is 85.5 cm³/mol. The summed E-state index contributed by atoms with van der Waals surface area (Å²) in [5, 5.41) is 41.2. The second-order valence-corrected chi connectivity index (χ2v) is 5.00. The van der Waals surface area contributed by atoms with E-state index >= 15 is 0 Å². The lowest BCUT2D eigenvalue weighted by Crippen LogP contribution is -2.60. The summed E-state index contributed by atoms with van der Waals surface area (Å²) in [6, 6.07) is 6.95. The summed E-state index contributed by atoms with van der Waals surface area (Å²) < 4.78 is 10.7.